The summed E-state index contributed by atoms with van der Waals surface area (Å²) in [5, 5.41) is 0.596. The largest absolute Gasteiger partial charge is 0.495 e. The summed E-state index contributed by atoms with van der Waals surface area (Å²) in [6.07, 6.45) is 0.937. The Kier molecular flexibility index (Phi) is 5.02. The number of aromatic nitrogens is 1. The third-order valence-corrected chi connectivity index (χ3v) is 4.92. The van der Waals surface area contributed by atoms with E-state index < -0.39 is 0 Å². The van der Waals surface area contributed by atoms with Crippen LogP contribution in [0.5, 0.6) is 5.75 Å². The Morgan fingerprint density at radius 3 is 2.67 bits per heavy atom. The maximum Gasteiger partial charge on any atom is 0.279 e. The molecule has 0 radical (unpaired) electrons. The van der Waals surface area contributed by atoms with Crippen LogP contribution < -0.4 is 9.54 Å². The van der Waals surface area contributed by atoms with Crippen molar-refractivity contribution >= 4 is 39.1 Å². The monoisotopic (exact) mass is 360 g/mol. The summed E-state index contributed by atoms with van der Waals surface area (Å²) >= 11 is 7.36. The second-order valence-corrected chi connectivity index (χ2v) is 6.71. The first-order valence-electron chi connectivity index (χ1n) is 7.65. The van der Waals surface area contributed by atoms with Crippen LogP contribution in [0, 0.1) is 0 Å². The van der Waals surface area contributed by atoms with Crippen LogP contribution in [0.25, 0.3) is 10.2 Å². The molecule has 0 spiro atoms. The number of benzene rings is 2. The Labute approximate surface area is 149 Å². The van der Waals surface area contributed by atoms with E-state index in [1.165, 1.54) is 11.3 Å². The molecule has 0 N–H and O–H groups in total. The van der Waals surface area contributed by atoms with Crippen LogP contribution >= 0.6 is 22.9 Å². The summed E-state index contributed by atoms with van der Waals surface area (Å²) in [6.45, 7) is 2.86. The molecule has 0 bridgehead atoms. The van der Waals surface area contributed by atoms with E-state index in [0.29, 0.717) is 15.4 Å². The number of carbonyl (C=O) groups excluding carboxylic acids is 1. The average Bonchev–Trinajstić information content (AvgIpc) is 2.93. The highest BCUT2D eigenvalue weighted by Gasteiger charge is 2.12. The summed E-state index contributed by atoms with van der Waals surface area (Å²) in [5.74, 6) is 0.514. The van der Waals surface area contributed by atoms with Crippen molar-refractivity contribution in [3.63, 3.8) is 0 Å². The molecule has 4 nitrogen and oxygen atoms in total. The van der Waals surface area contributed by atoms with Gasteiger partial charge in [0.2, 0.25) is 0 Å². The van der Waals surface area contributed by atoms with Gasteiger partial charge in [0, 0.05) is 17.1 Å². The molecule has 2 aromatic carbocycles. The van der Waals surface area contributed by atoms with Crippen molar-refractivity contribution in [2.75, 3.05) is 7.11 Å². The molecule has 24 heavy (non-hydrogen) atoms. The van der Waals surface area contributed by atoms with E-state index in [1.807, 2.05) is 22.8 Å². The number of nitrogens with zero attached hydrogens (tertiary/aromatic N) is 2. The predicted octanol–water partition coefficient (Wildman–Crippen LogP) is 4.52. The van der Waals surface area contributed by atoms with Gasteiger partial charge >= 0.3 is 0 Å². The molecular weight excluding hydrogens is 344 g/mol. The van der Waals surface area contributed by atoms with Crippen LogP contribution in [0.3, 0.4) is 0 Å². The molecule has 1 amide bonds. The first kappa shape index (κ1) is 16.7. The third kappa shape index (κ3) is 3.23. The minimum Gasteiger partial charge on any atom is -0.495 e. The van der Waals surface area contributed by atoms with Gasteiger partial charge in [0.15, 0.2) is 4.80 Å². The summed E-state index contributed by atoms with van der Waals surface area (Å²) in [5.41, 5.74) is 1.50. The first-order valence-corrected chi connectivity index (χ1v) is 8.84. The number of thiazole rings is 1. The van der Waals surface area contributed by atoms with Crippen molar-refractivity contribution in [1.82, 2.24) is 4.57 Å². The SMILES string of the molecule is CCCn1c(=NC(=O)c2ccc(Cl)cc2)sc2cccc(OC)c21. The van der Waals surface area contributed by atoms with Gasteiger partial charge in [-0.15, -0.1) is 0 Å². The summed E-state index contributed by atoms with van der Waals surface area (Å²) in [7, 11) is 1.65. The second-order valence-electron chi connectivity index (χ2n) is 5.27. The van der Waals surface area contributed by atoms with E-state index in [2.05, 4.69) is 11.9 Å². The molecule has 3 aromatic rings. The Bertz CT molecular complexity index is 942. The van der Waals surface area contributed by atoms with E-state index >= 15 is 0 Å². The first-order chi connectivity index (χ1) is 11.6. The van der Waals surface area contributed by atoms with Gasteiger partial charge in [-0.1, -0.05) is 35.9 Å². The number of amides is 1. The van der Waals surface area contributed by atoms with Crippen LogP contribution in [0.2, 0.25) is 5.02 Å². The number of methoxy groups -OCH3 is 1. The van der Waals surface area contributed by atoms with E-state index in [1.54, 1.807) is 31.4 Å². The number of aryl methyl sites for hydroxylation is 1. The highest BCUT2D eigenvalue weighted by molar-refractivity contribution is 7.16. The van der Waals surface area contributed by atoms with Crippen molar-refractivity contribution in [1.29, 1.82) is 0 Å². The Hall–Kier alpha value is -2.11. The number of rotatable bonds is 4. The average molecular weight is 361 g/mol. The van der Waals surface area contributed by atoms with Crippen LogP contribution in [-0.2, 0) is 6.54 Å². The smallest absolute Gasteiger partial charge is 0.279 e. The lowest BCUT2D eigenvalue weighted by atomic mass is 10.2. The van der Waals surface area contributed by atoms with Gasteiger partial charge in [-0.05, 0) is 42.8 Å². The van der Waals surface area contributed by atoms with Crippen molar-refractivity contribution < 1.29 is 9.53 Å². The normalized spacial score (nSPS) is 11.9. The highest BCUT2D eigenvalue weighted by atomic mass is 35.5. The number of carbonyl (C=O) groups is 1. The molecule has 6 heteroatoms. The molecule has 0 fully saturated rings. The lowest BCUT2D eigenvalue weighted by molar-refractivity contribution is 0.0998. The van der Waals surface area contributed by atoms with E-state index in [9.17, 15) is 4.79 Å². The Morgan fingerprint density at radius 1 is 1.25 bits per heavy atom. The van der Waals surface area contributed by atoms with Gasteiger partial charge in [0.1, 0.15) is 11.3 Å². The van der Waals surface area contributed by atoms with Crippen molar-refractivity contribution in [2.24, 2.45) is 4.99 Å². The third-order valence-electron chi connectivity index (χ3n) is 3.62. The maximum absolute atomic E-state index is 12.5. The number of halogens is 1. The van der Waals surface area contributed by atoms with Gasteiger partial charge in [-0.2, -0.15) is 4.99 Å². The number of hydrogen-bond acceptors (Lipinski definition) is 3. The van der Waals surface area contributed by atoms with Crippen LogP contribution in [-0.4, -0.2) is 17.6 Å². The second kappa shape index (κ2) is 7.20. The topological polar surface area (TPSA) is 43.6 Å². The zero-order valence-electron chi connectivity index (χ0n) is 13.5. The van der Waals surface area contributed by atoms with Crippen LogP contribution in [0.1, 0.15) is 23.7 Å². The molecule has 0 aliphatic heterocycles. The molecule has 124 valence electrons. The van der Waals surface area contributed by atoms with Gasteiger partial charge in [-0.3, -0.25) is 4.79 Å². The van der Waals surface area contributed by atoms with E-state index in [0.717, 1.165) is 28.9 Å². The van der Waals surface area contributed by atoms with E-state index in [-0.39, 0.29) is 5.91 Å². The fraction of sp³-hybridized carbons (Fsp3) is 0.222. The van der Waals surface area contributed by atoms with Gasteiger partial charge < -0.3 is 9.30 Å². The lowest BCUT2D eigenvalue weighted by Gasteiger charge is -2.07. The number of hydrogen-bond donors (Lipinski definition) is 0. The number of fused-ring (bicyclic) bond motifs is 1. The maximum atomic E-state index is 12.5. The quantitative estimate of drug-likeness (QED) is 0.686. The fourth-order valence-corrected chi connectivity index (χ4v) is 3.72. The summed E-state index contributed by atoms with van der Waals surface area (Å²) < 4.78 is 8.57. The van der Waals surface area contributed by atoms with Crippen molar-refractivity contribution in [2.45, 2.75) is 19.9 Å². The molecular formula is C18H17ClN2O2S. The minimum absolute atomic E-state index is 0.276. The van der Waals surface area contributed by atoms with Crippen molar-refractivity contribution in [3.8, 4) is 5.75 Å². The zero-order chi connectivity index (χ0) is 17.1. The van der Waals surface area contributed by atoms with Gasteiger partial charge in [0.05, 0.1) is 11.8 Å². The fourth-order valence-electron chi connectivity index (χ4n) is 2.52. The van der Waals surface area contributed by atoms with Crippen LogP contribution in [0.4, 0.5) is 0 Å². The van der Waals surface area contributed by atoms with Crippen molar-refractivity contribution in [3.05, 3.63) is 57.9 Å². The number of ether oxygens (including phenoxy) is 1. The zero-order valence-corrected chi connectivity index (χ0v) is 15.0. The molecule has 0 aliphatic rings. The summed E-state index contributed by atoms with van der Waals surface area (Å²) in [4.78, 5) is 17.5. The van der Waals surface area contributed by atoms with Crippen LogP contribution in [0.15, 0.2) is 47.5 Å². The molecule has 0 saturated carbocycles. The van der Waals surface area contributed by atoms with E-state index in [4.69, 9.17) is 16.3 Å². The highest BCUT2D eigenvalue weighted by Crippen LogP contribution is 2.27. The molecule has 0 saturated heterocycles. The van der Waals surface area contributed by atoms with Gasteiger partial charge in [-0.25, -0.2) is 0 Å². The molecule has 0 aliphatic carbocycles. The standard InChI is InChI=1S/C18H17ClN2O2S/c1-3-11-21-16-14(23-2)5-4-6-15(16)24-18(21)20-17(22)12-7-9-13(19)10-8-12/h4-10H,3,11H2,1-2H3. The van der Waals surface area contributed by atoms with Gasteiger partial charge in [0.25, 0.3) is 5.91 Å². The molecule has 1 aromatic heterocycles. The summed E-state index contributed by atoms with van der Waals surface area (Å²) in [6, 6.07) is 12.6. The Morgan fingerprint density at radius 2 is 2.00 bits per heavy atom. The predicted molar refractivity (Wildman–Crippen MR) is 98.0 cm³/mol. The lowest BCUT2D eigenvalue weighted by Crippen LogP contribution is -2.17. The minimum atomic E-state index is -0.276. The number of para-hydroxylation sites is 1. The Balaban J connectivity index is 2.16. The molecule has 0 unspecified atom stereocenters. The molecule has 1 heterocycles. The molecule has 3 rings (SSSR count). The molecule has 0 atom stereocenters.